The zero-order valence-corrected chi connectivity index (χ0v) is 22.4. The molecule has 0 bridgehead atoms. The molecule has 0 fully saturated rings. The number of carbonyl (C=O) groups excluding carboxylic acids is 3. The summed E-state index contributed by atoms with van der Waals surface area (Å²) in [6, 6.07) is 25.1. The molecule has 0 atom stereocenters. The first kappa shape index (κ1) is 26.8. The van der Waals surface area contributed by atoms with Crippen LogP contribution in [0.15, 0.2) is 101 Å². The van der Waals surface area contributed by atoms with Gasteiger partial charge < -0.3 is 10.1 Å². The number of hydrogen-bond donors (Lipinski definition) is 2. The van der Waals surface area contributed by atoms with E-state index < -0.39 is 11.9 Å². The van der Waals surface area contributed by atoms with Crippen LogP contribution in [0.5, 0.6) is 5.75 Å². The van der Waals surface area contributed by atoms with Crippen LogP contribution >= 0.6 is 27.5 Å². The molecule has 4 aromatic rings. The number of rotatable bonds is 7. The number of hydrazone groups is 1. The lowest BCUT2D eigenvalue weighted by atomic mass is 10.1. The Balaban J connectivity index is 1.38. The third-order valence-corrected chi connectivity index (χ3v) is 6.11. The first-order chi connectivity index (χ1) is 18.3. The molecule has 4 aromatic carbocycles. The van der Waals surface area contributed by atoms with Crippen LogP contribution in [-0.2, 0) is 0 Å². The SMILES string of the molecule is Cc1ccc(C(=O)Nc2ccc(C(=O)N/N=C/c3cc(Cl)ccc3OC(=O)c3ccc(Br)cc3)cc2)cc1. The smallest absolute Gasteiger partial charge is 0.343 e. The van der Waals surface area contributed by atoms with Crippen molar-refractivity contribution in [3.8, 4) is 5.75 Å². The van der Waals surface area contributed by atoms with E-state index in [1.54, 1.807) is 78.9 Å². The normalized spacial score (nSPS) is 10.7. The molecule has 38 heavy (non-hydrogen) atoms. The van der Waals surface area contributed by atoms with E-state index in [-0.39, 0.29) is 11.7 Å². The lowest BCUT2D eigenvalue weighted by Gasteiger charge is -2.08. The minimum absolute atomic E-state index is 0.231. The van der Waals surface area contributed by atoms with Crippen molar-refractivity contribution >= 4 is 57.2 Å². The molecule has 0 spiro atoms. The Morgan fingerprint density at radius 2 is 1.42 bits per heavy atom. The van der Waals surface area contributed by atoms with E-state index in [0.29, 0.717) is 33.0 Å². The van der Waals surface area contributed by atoms with Crippen LogP contribution in [0.2, 0.25) is 5.02 Å². The van der Waals surface area contributed by atoms with E-state index in [0.717, 1.165) is 10.0 Å². The first-order valence-corrected chi connectivity index (χ1v) is 12.5. The van der Waals surface area contributed by atoms with Crippen LogP contribution in [0.1, 0.15) is 42.2 Å². The van der Waals surface area contributed by atoms with Crippen molar-refractivity contribution in [1.82, 2.24) is 5.43 Å². The highest BCUT2D eigenvalue weighted by Gasteiger charge is 2.12. The van der Waals surface area contributed by atoms with Crippen molar-refractivity contribution in [2.24, 2.45) is 5.10 Å². The maximum absolute atomic E-state index is 12.5. The summed E-state index contributed by atoms with van der Waals surface area (Å²) >= 11 is 9.42. The molecule has 0 heterocycles. The standard InChI is InChI=1S/C29H21BrClN3O4/c1-18-2-4-19(5-3-18)27(35)33-25-13-8-20(9-14-25)28(36)34-32-17-22-16-24(31)12-15-26(22)38-29(37)21-6-10-23(30)11-7-21/h2-17H,1H3,(H,33,35)(H,34,36)/b32-17+. The summed E-state index contributed by atoms with van der Waals surface area (Å²) in [5, 5.41) is 7.18. The number of hydrogen-bond acceptors (Lipinski definition) is 5. The lowest BCUT2D eigenvalue weighted by molar-refractivity contribution is 0.0734. The van der Waals surface area contributed by atoms with Gasteiger partial charge in [0.25, 0.3) is 11.8 Å². The summed E-state index contributed by atoms with van der Waals surface area (Å²) in [5.74, 6) is -1.03. The summed E-state index contributed by atoms with van der Waals surface area (Å²) in [4.78, 5) is 37.4. The summed E-state index contributed by atoms with van der Waals surface area (Å²) in [7, 11) is 0. The van der Waals surface area contributed by atoms with Gasteiger partial charge in [-0.25, -0.2) is 10.2 Å². The molecule has 190 valence electrons. The molecule has 9 heteroatoms. The van der Waals surface area contributed by atoms with Crippen LogP contribution in [0.3, 0.4) is 0 Å². The van der Waals surface area contributed by atoms with Crippen LogP contribution in [0.4, 0.5) is 5.69 Å². The van der Waals surface area contributed by atoms with Crippen LogP contribution in [-0.4, -0.2) is 24.0 Å². The molecule has 7 nitrogen and oxygen atoms in total. The van der Waals surface area contributed by atoms with Gasteiger partial charge in [-0.15, -0.1) is 0 Å². The minimum atomic E-state index is -0.548. The zero-order valence-electron chi connectivity index (χ0n) is 20.1. The number of nitrogens with one attached hydrogen (secondary N) is 2. The number of amides is 2. The highest BCUT2D eigenvalue weighted by molar-refractivity contribution is 9.10. The molecule has 0 saturated heterocycles. The molecule has 0 radical (unpaired) electrons. The van der Waals surface area contributed by atoms with E-state index in [4.69, 9.17) is 16.3 Å². The van der Waals surface area contributed by atoms with E-state index >= 15 is 0 Å². The fourth-order valence-electron chi connectivity index (χ4n) is 3.30. The third-order valence-electron chi connectivity index (χ3n) is 5.34. The van der Waals surface area contributed by atoms with Gasteiger partial charge in [0.1, 0.15) is 5.75 Å². The van der Waals surface area contributed by atoms with Crippen molar-refractivity contribution in [1.29, 1.82) is 0 Å². The molecule has 0 aliphatic rings. The van der Waals surface area contributed by atoms with Gasteiger partial charge >= 0.3 is 5.97 Å². The van der Waals surface area contributed by atoms with E-state index in [1.807, 2.05) is 19.1 Å². The largest absolute Gasteiger partial charge is 0.422 e. The predicted molar refractivity (Wildman–Crippen MR) is 151 cm³/mol. The molecule has 4 rings (SSSR count). The second-order valence-electron chi connectivity index (χ2n) is 8.18. The molecule has 0 unspecified atom stereocenters. The first-order valence-electron chi connectivity index (χ1n) is 11.4. The van der Waals surface area contributed by atoms with Gasteiger partial charge in [0, 0.05) is 31.9 Å². The van der Waals surface area contributed by atoms with Crippen LogP contribution in [0.25, 0.3) is 0 Å². The number of anilines is 1. The summed E-state index contributed by atoms with van der Waals surface area (Å²) in [6.07, 6.45) is 1.34. The van der Waals surface area contributed by atoms with Gasteiger partial charge in [0.15, 0.2) is 0 Å². The highest BCUT2D eigenvalue weighted by atomic mass is 79.9. The Labute approximate surface area is 232 Å². The van der Waals surface area contributed by atoms with Gasteiger partial charge in [-0.05, 0) is 85.8 Å². The average Bonchev–Trinajstić information content (AvgIpc) is 2.91. The van der Waals surface area contributed by atoms with Gasteiger partial charge in [-0.3, -0.25) is 9.59 Å². The molecule has 0 aromatic heterocycles. The second-order valence-corrected chi connectivity index (χ2v) is 9.53. The molecular formula is C29H21BrClN3O4. The predicted octanol–water partition coefficient (Wildman–Crippen LogP) is 6.65. The quantitative estimate of drug-likeness (QED) is 0.109. The second kappa shape index (κ2) is 12.3. The number of esters is 1. The van der Waals surface area contributed by atoms with Crippen molar-refractivity contribution in [2.45, 2.75) is 6.92 Å². The number of benzene rings is 4. The van der Waals surface area contributed by atoms with Gasteiger partial charge in [-0.1, -0.05) is 45.2 Å². The lowest BCUT2D eigenvalue weighted by Crippen LogP contribution is -2.18. The van der Waals surface area contributed by atoms with E-state index in [2.05, 4.69) is 31.8 Å². The summed E-state index contributed by atoms with van der Waals surface area (Å²) in [6.45, 7) is 1.95. The van der Waals surface area contributed by atoms with Gasteiger partial charge in [0.05, 0.1) is 11.8 Å². The Morgan fingerprint density at radius 3 is 2.11 bits per heavy atom. The van der Waals surface area contributed by atoms with Crippen molar-refractivity contribution in [3.05, 3.63) is 128 Å². The summed E-state index contributed by atoms with van der Waals surface area (Å²) in [5.41, 5.74) is 5.69. The molecule has 2 amide bonds. The Bertz CT molecular complexity index is 1500. The van der Waals surface area contributed by atoms with Crippen molar-refractivity contribution in [3.63, 3.8) is 0 Å². The third kappa shape index (κ3) is 7.15. The zero-order chi connectivity index (χ0) is 27.1. The summed E-state index contributed by atoms with van der Waals surface area (Å²) < 4.78 is 6.34. The molecule has 2 N–H and O–H groups in total. The Morgan fingerprint density at radius 1 is 0.816 bits per heavy atom. The number of aryl methyl sites for hydroxylation is 1. The molecule has 0 aliphatic carbocycles. The topological polar surface area (TPSA) is 96.9 Å². The van der Waals surface area contributed by atoms with Crippen LogP contribution < -0.4 is 15.5 Å². The van der Waals surface area contributed by atoms with Crippen molar-refractivity contribution in [2.75, 3.05) is 5.32 Å². The van der Waals surface area contributed by atoms with Gasteiger partial charge in [0.2, 0.25) is 0 Å². The number of halogens is 2. The number of nitrogens with zero attached hydrogens (tertiary/aromatic N) is 1. The van der Waals surface area contributed by atoms with Crippen LogP contribution in [0, 0.1) is 6.92 Å². The highest BCUT2D eigenvalue weighted by Crippen LogP contribution is 2.23. The minimum Gasteiger partial charge on any atom is -0.422 e. The maximum atomic E-state index is 12.5. The van der Waals surface area contributed by atoms with E-state index in [1.165, 1.54) is 6.21 Å². The monoisotopic (exact) mass is 589 g/mol. The van der Waals surface area contributed by atoms with Crippen molar-refractivity contribution < 1.29 is 19.1 Å². The van der Waals surface area contributed by atoms with E-state index in [9.17, 15) is 14.4 Å². The average molecular weight is 591 g/mol. The number of ether oxygens (including phenoxy) is 1. The van der Waals surface area contributed by atoms with Gasteiger partial charge in [-0.2, -0.15) is 5.10 Å². The number of carbonyl (C=O) groups is 3. The Hall–Kier alpha value is -4.27. The Kier molecular flexibility index (Phi) is 8.68. The fourth-order valence-corrected chi connectivity index (χ4v) is 3.74. The molecule has 0 saturated carbocycles. The fraction of sp³-hybridized carbons (Fsp3) is 0.0345. The molecular weight excluding hydrogens is 570 g/mol. The molecule has 0 aliphatic heterocycles. The maximum Gasteiger partial charge on any atom is 0.343 e.